The third-order valence-electron chi connectivity index (χ3n) is 4.62. The van der Waals surface area contributed by atoms with Gasteiger partial charge < -0.3 is 18.9 Å². The summed E-state index contributed by atoms with van der Waals surface area (Å²) in [7, 11) is 2.51. The molecule has 0 spiro atoms. The average molecular weight is 417 g/mol. The number of rotatable bonds is 7. The van der Waals surface area contributed by atoms with E-state index in [-0.39, 0.29) is 0 Å². The van der Waals surface area contributed by atoms with Crippen LogP contribution in [0.3, 0.4) is 0 Å². The van der Waals surface area contributed by atoms with Gasteiger partial charge in [-0.3, -0.25) is 0 Å². The number of methoxy groups -OCH3 is 4. The molecule has 1 heterocycles. The molecule has 0 aliphatic rings. The molecular formula is C21H23NO6S. The summed E-state index contributed by atoms with van der Waals surface area (Å²) in [5.74, 6) is 1.98. The van der Waals surface area contributed by atoms with Crippen LogP contribution in [0, 0.1) is 0 Å². The van der Waals surface area contributed by atoms with Gasteiger partial charge in [-0.05, 0) is 47.5 Å². The highest BCUT2D eigenvalue weighted by Gasteiger charge is 2.22. The van der Waals surface area contributed by atoms with Gasteiger partial charge in [0.25, 0.3) is 0 Å². The molecule has 0 fully saturated rings. The molecule has 154 valence electrons. The van der Waals surface area contributed by atoms with Crippen molar-refractivity contribution in [3.8, 4) is 23.0 Å². The van der Waals surface area contributed by atoms with Crippen LogP contribution in [0.1, 0.15) is 11.3 Å². The molecule has 0 N–H and O–H groups in total. The zero-order chi connectivity index (χ0) is 21.3. The molecule has 3 aromatic rings. The maximum atomic E-state index is 12.6. The highest BCUT2D eigenvalue weighted by atomic mass is 32.2. The monoisotopic (exact) mass is 417 g/mol. The number of benzene rings is 2. The van der Waals surface area contributed by atoms with Crippen LogP contribution in [0.4, 0.5) is 0 Å². The van der Waals surface area contributed by atoms with E-state index in [4.69, 9.17) is 18.9 Å². The molecule has 2 aromatic carbocycles. The van der Waals surface area contributed by atoms with E-state index in [2.05, 4.69) is 6.58 Å². The van der Waals surface area contributed by atoms with Gasteiger partial charge in [-0.2, -0.15) is 0 Å². The lowest BCUT2D eigenvalue weighted by Crippen LogP contribution is -2.13. The van der Waals surface area contributed by atoms with Crippen LogP contribution < -0.4 is 18.9 Å². The summed E-state index contributed by atoms with van der Waals surface area (Å²) in [6.07, 6.45) is 1.16. The molecule has 8 heteroatoms. The summed E-state index contributed by atoms with van der Waals surface area (Å²) in [4.78, 5) is 0. The number of fused-ring (bicyclic) bond motifs is 1. The van der Waals surface area contributed by atoms with Gasteiger partial charge in [-0.25, -0.2) is 12.4 Å². The number of hydrogen-bond acceptors (Lipinski definition) is 6. The average Bonchev–Trinajstić information content (AvgIpc) is 3.10. The Morgan fingerprint density at radius 2 is 1.52 bits per heavy atom. The van der Waals surface area contributed by atoms with Crippen molar-refractivity contribution in [3.63, 3.8) is 0 Å². The molecule has 1 aromatic heterocycles. The summed E-state index contributed by atoms with van der Waals surface area (Å²) in [6.45, 7) is 4.15. The number of nitrogens with zero attached hydrogens (tertiary/aromatic N) is 1. The second kappa shape index (κ2) is 7.71. The topological polar surface area (TPSA) is 76.0 Å². The van der Waals surface area contributed by atoms with Gasteiger partial charge in [0, 0.05) is 5.39 Å². The highest BCUT2D eigenvalue weighted by Crippen LogP contribution is 2.41. The maximum Gasteiger partial charge on any atom is 0.236 e. The first-order valence-electron chi connectivity index (χ1n) is 8.64. The van der Waals surface area contributed by atoms with Crippen molar-refractivity contribution in [2.24, 2.45) is 0 Å². The van der Waals surface area contributed by atoms with Crippen molar-refractivity contribution in [3.05, 3.63) is 54.2 Å². The Kier molecular flexibility index (Phi) is 5.48. The SMILES string of the molecule is C=C(c1cc(OC)c(OC)c(OC)c1)c1cc2cc(OC)ccc2n1S(C)(=O)=O. The second-order valence-electron chi connectivity index (χ2n) is 6.37. The standard InChI is InChI=1S/C21H23NO6S/c1-13(14-11-19(26-3)21(28-5)20(12-14)27-4)18-10-15-9-16(25-2)7-8-17(15)22(18)29(6,23)24/h7-12H,1H2,2-6H3. The zero-order valence-electron chi connectivity index (χ0n) is 17.0. The van der Waals surface area contributed by atoms with Gasteiger partial charge in [-0.15, -0.1) is 0 Å². The zero-order valence-corrected chi connectivity index (χ0v) is 17.8. The summed E-state index contributed by atoms with van der Waals surface area (Å²) in [5.41, 5.74) is 2.10. The summed E-state index contributed by atoms with van der Waals surface area (Å²) in [6, 6.07) is 10.4. The predicted molar refractivity (Wildman–Crippen MR) is 113 cm³/mol. The first-order chi connectivity index (χ1) is 13.7. The Hall–Kier alpha value is -3.13. The highest BCUT2D eigenvalue weighted by molar-refractivity contribution is 7.89. The minimum absolute atomic E-state index is 0.435. The molecule has 0 atom stereocenters. The van der Waals surface area contributed by atoms with Gasteiger partial charge in [0.05, 0.1) is 45.9 Å². The van der Waals surface area contributed by atoms with E-state index in [1.54, 1.807) is 43.5 Å². The van der Waals surface area contributed by atoms with Crippen LogP contribution >= 0.6 is 0 Å². The molecular weight excluding hydrogens is 394 g/mol. The van der Waals surface area contributed by atoms with E-state index in [1.807, 2.05) is 0 Å². The second-order valence-corrected chi connectivity index (χ2v) is 8.21. The van der Waals surface area contributed by atoms with E-state index in [9.17, 15) is 8.42 Å². The minimum Gasteiger partial charge on any atom is -0.497 e. The first-order valence-corrected chi connectivity index (χ1v) is 10.5. The first kappa shape index (κ1) is 20.6. The maximum absolute atomic E-state index is 12.6. The van der Waals surface area contributed by atoms with Crippen molar-refractivity contribution in [1.82, 2.24) is 3.97 Å². The van der Waals surface area contributed by atoms with Crippen LogP contribution in [-0.4, -0.2) is 47.1 Å². The van der Waals surface area contributed by atoms with Crippen molar-refractivity contribution < 1.29 is 27.4 Å². The van der Waals surface area contributed by atoms with Crippen LogP contribution in [0.15, 0.2) is 43.0 Å². The fourth-order valence-corrected chi connectivity index (χ4v) is 4.31. The van der Waals surface area contributed by atoms with Crippen molar-refractivity contribution >= 4 is 26.5 Å². The Balaban J connectivity index is 2.27. The molecule has 29 heavy (non-hydrogen) atoms. The van der Waals surface area contributed by atoms with E-state index < -0.39 is 10.0 Å². The lowest BCUT2D eigenvalue weighted by molar-refractivity contribution is 0.324. The molecule has 0 aliphatic heterocycles. The van der Waals surface area contributed by atoms with Crippen LogP contribution in [0.25, 0.3) is 16.5 Å². The fraction of sp³-hybridized carbons (Fsp3) is 0.238. The molecule has 0 aliphatic carbocycles. The van der Waals surface area contributed by atoms with Crippen LogP contribution in [-0.2, 0) is 10.0 Å². The number of hydrogen-bond donors (Lipinski definition) is 0. The summed E-state index contributed by atoms with van der Waals surface area (Å²) < 4.78 is 47.9. The van der Waals surface area contributed by atoms with Gasteiger partial charge in [0.2, 0.25) is 15.8 Å². The fourth-order valence-electron chi connectivity index (χ4n) is 3.27. The van der Waals surface area contributed by atoms with Gasteiger partial charge >= 0.3 is 0 Å². The molecule has 0 saturated heterocycles. The molecule has 0 saturated carbocycles. The van der Waals surface area contributed by atoms with Crippen LogP contribution in [0.2, 0.25) is 0 Å². The molecule has 0 unspecified atom stereocenters. The van der Waals surface area contributed by atoms with E-state index >= 15 is 0 Å². The lowest BCUT2D eigenvalue weighted by atomic mass is 10.0. The normalized spacial score (nSPS) is 11.3. The third-order valence-corrected chi connectivity index (χ3v) is 5.68. The smallest absolute Gasteiger partial charge is 0.236 e. The largest absolute Gasteiger partial charge is 0.497 e. The molecule has 0 amide bonds. The van der Waals surface area contributed by atoms with Gasteiger partial charge in [-0.1, -0.05) is 6.58 Å². The van der Waals surface area contributed by atoms with Gasteiger partial charge in [0.15, 0.2) is 11.5 Å². The minimum atomic E-state index is -3.61. The van der Waals surface area contributed by atoms with Crippen molar-refractivity contribution in [2.75, 3.05) is 34.7 Å². The Morgan fingerprint density at radius 1 is 0.897 bits per heavy atom. The quantitative estimate of drug-likeness (QED) is 0.585. The predicted octanol–water partition coefficient (Wildman–Crippen LogP) is 3.54. The van der Waals surface area contributed by atoms with E-state index in [1.165, 1.54) is 25.3 Å². The Morgan fingerprint density at radius 3 is 2.00 bits per heavy atom. The molecule has 0 radical (unpaired) electrons. The number of aromatic nitrogens is 1. The van der Waals surface area contributed by atoms with E-state index in [0.717, 1.165) is 11.6 Å². The molecule has 3 rings (SSSR count). The van der Waals surface area contributed by atoms with E-state index in [0.29, 0.717) is 45.3 Å². The van der Waals surface area contributed by atoms with Crippen molar-refractivity contribution in [1.29, 1.82) is 0 Å². The summed E-state index contributed by atoms with van der Waals surface area (Å²) >= 11 is 0. The Labute approximate surface area is 170 Å². The molecule has 7 nitrogen and oxygen atoms in total. The van der Waals surface area contributed by atoms with Crippen molar-refractivity contribution in [2.45, 2.75) is 0 Å². The lowest BCUT2D eigenvalue weighted by Gasteiger charge is -2.16. The Bertz CT molecular complexity index is 1170. The van der Waals surface area contributed by atoms with Gasteiger partial charge in [0.1, 0.15) is 5.75 Å². The summed E-state index contributed by atoms with van der Waals surface area (Å²) in [5, 5.41) is 0.721. The van der Waals surface area contributed by atoms with Crippen LogP contribution in [0.5, 0.6) is 23.0 Å². The molecule has 0 bridgehead atoms. The number of ether oxygens (including phenoxy) is 4. The third kappa shape index (κ3) is 3.63.